The van der Waals surface area contributed by atoms with E-state index in [9.17, 15) is 0 Å². The molecule has 2 nitrogen and oxygen atoms in total. The Labute approximate surface area is 94.4 Å². The van der Waals surface area contributed by atoms with Gasteiger partial charge < -0.3 is 10.7 Å². The van der Waals surface area contributed by atoms with Crippen molar-refractivity contribution in [2.45, 2.75) is 26.8 Å². The van der Waals surface area contributed by atoms with Gasteiger partial charge in [-0.15, -0.1) is 0 Å². The standard InChI is InChI=1S/C12H15ClN2/c1-3-8-9-4-5-10(13)7(2)12(9)15-11(8)6-14/h4-5,15H,3,6,14H2,1-2H3. The normalized spacial score (nSPS) is 11.2. The van der Waals surface area contributed by atoms with Crippen molar-refractivity contribution in [1.29, 1.82) is 0 Å². The Morgan fingerprint density at radius 1 is 1.40 bits per heavy atom. The lowest BCUT2D eigenvalue weighted by atomic mass is 10.1. The van der Waals surface area contributed by atoms with E-state index < -0.39 is 0 Å². The molecule has 80 valence electrons. The molecular formula is C12H15ClN2. The molecule has 0 spiro atoms. The molecule has 0 saturated carbocycles. The smallest absolute Gasteiger partial charge is 0.0504 e. The van der Waals surface area contributed by atoms with Crippen molar-refractivity contribution in [2.75, 3.05) is 0 Å². The molecule has 0 unspecified atom stereocenters. The number of hydrogen-bond acceptors (Lipinski definition) is 1. The van der Waals surface area contributed by atoms with Gasteiger partial charge in [0.2, 0.25) is 0 Å². The number of rotatable bonds is 2. The van der Waals surface area contributed by atoms with Crippen LogP contribution < -0.4 is 5.73 Å². The number of hydrogen-bond donors (Lipinski definition) is 2. The third kappa shape index (κ3) is 1.54. The predicted molar refractivity (Wildman–Crippen MR) is 65.3 cm³/mol. The van der Waals surface area contributed by atoms with Crippen LogP contribution in [0, 0.1) is 6.92 Å². The second-order valence-corrected chi connectivity index (χ2v) is 4.14. The number of fused-ring (bicyclic) bond motifs is 1. The zero-order valence-corrected chi connectivity index (χ0v) is 9.78. The number of nitrogens with two attached hydrogens (primary N) is 1. The first-order valence-electron chi connectivity index (χ1n) is 5.17. The van der Waals surface area contributed by atoms with E-state index in [2.05, 4.69) is 18.0 Å². The summed E-state index contributed by atoms with van der Waals surface area (Å²) in [6.45, 7) is 4.72. The van der Waals surface area contributed by atoms with Crippen molar-refractivity contribution >= 4 is 22.5 Å². The van der Waals surface area contributed by atoms with Gasteiger partial charge in [-0.2, -0.15) is 0 Å². The fraction of sp³-hybridized carbons (Fsp3) is 0.333. The van der Waals surface area contributed by atoms with Crippen LogP contribution >= 0.6 is 11.6 Å². The van der Waals surface area contributed by atoms with Crippen molar-refractivity contribution in [2.24, 2.45) is 5.73 Å². The van der Waals surface area contributed by atoms with Gasteiger partial charge in [0.1, 0.15) is 0 Å². The average Bonchev–Trinajstić information content (AvgIpc) is 2.61. The van der Waals surface area contributed by atoms with E-state index in [0.717, 1.165) is 28.2 Å². The van der Waals surface area contributed by atoms with Gasteiger partial charge in [0, 0.05) is 22.6 Å². The summed E-state index contributed by atoms with van der Waals surface area (Å²) in [5.74, 6) is 0. The number of aryl methyl sites for hydroxylation is 2. The molecule has 0 atom stereocenters. The van der Waals surface area contributed by atoms with Gasteiger partial charge in [-0.25, -0.2) is 0 Å². The fourth-order valence-electron chi connectivity index (χ4n) is 2.07. The Balaban J connectivity index is 2.82. The lowest BCUT2D eigenvalue weighted by Crippen LogP contribution is -1.99. The topological polar surface area (TPSA) is 41.8 Å². The van der Waals surface area contributed by atoms with Gasteiger partial charge in [0.05, 0.1) is 5.52 Å². The molecule has 2 rings (SSSR count). The van der Waals surface area contributed by atoms with Crippen LogP contribution in [0.15, 0.2) is 12.1 Å². The Hall–Kier alpha value is -0.990. The highest BCUT2D eigenvalue weighted by Crippen LogP contribution is 2.29. The van der Waals surface area contributed by atoms with Crippen molar-refractivity contribution in [3.8, 4) is 0 Å². The van der Waals surface area contributed by atoms with Crippen molar-refractivity contribution < 1.29 is 0 Å². The summed E-state index contributed by atoms with van der Waals surface area (Å²) in [5.41, 5.74) is 10.4. The summed E-state index contributed by atoms with van der Waals surface area (Å²) in [6.07, 6.45) is 0.994. The molecule has 1 aromatic heterocycles. The van der Waals surface area contributed by atoms with Crippen molar-refractivity contribution in [1.82, 2.24) is 4.98 Å². The van der Waals surface area contributed by atoms with Crippen LogP contribution in [-0.2, 0) is 13.0 Å². The van der Waals surface area contributed by atoms with E-state index in [1.807, 2.05) is 13.0 Å². The second kappa shape index (κ2) is 3.87. The van der Waals surface area contributed by atoms with E-state index in [1.165, 1.54) is 10.9 Å². The van der Waals surface area contributed by atoms with Crippen LogP contribution in [0.1, 0.15) is 23.7 Å². The Morgan fingerprint density at radius 2 is 2.13 bits per heavy atom. The minimum Gasteiger partial charge on any atom is -0.357 e. The summed E-state index contributed by atoms with van der Waals surface area (Å²) >= 11 is 6.08. The fourth-order valence-corrected chi connectivity index (χ4v) is 2.22. The Morgan fingerprint density at radius 3 is 2.73 bits per heavy atom. The molecule has 0 aliphatic rings. The molecule has 0 aliphatic heterocycles. The third-order valence-electron chi connectivity index (χ3n) is 2.92. The molecule has 3 N–H and O–H groups in total. The Bertz CT molecular complexity index is 500. The van der Waals surface area contributed by atoms with Crippen LogP contribution in [0.3, 0.4) is 0 Å². The molecule has 2 aromatic rings. The van der Waals surface area contributed by atoms with Crippen LogP contribution in [0.25, 0.3) is 10.9 Å². The maximum atomic E-state index is 6.08. The van der Waals surface area contributed by atoms with E-state index in [0.29, 0.717) is 6.54 Å². The SMILES string of the molecule is CCc1c(CN)[nH]c2c(C)c(Cl)ccc12. The lowest BCUT2D eigenvalue weighted by molar-refractivity contribution is 0.973. The molecule has 0 radical (unpaired) electrons. The highest BCUT2D eigenvalue weighted by molar-refractivity contribution is 6.32. The first kappa shape index (κ1) is 10.5. The van der Waals surface area contributed by atoms with Gasteiger partial charge in [0.15, 0.2) is 0 Å². The monoisotopic (exact) mass is 222 g/mol. The van der Waals surface area contributed by atoms with Crippen molar-refractivity contribution in [3.05, 3.63) is 34.0 Å². The molecular weight excluding hydrogens is 208 g/mol. The highest BCUT2D eigenvalue weighted by Gasteiger charge is 2.11. The molecule has 0 saturated heterocycles. The first-order chi connectivity index (χ1) is 7.19. The van der Waals surface area contributed by atoms with Crippen molar-refractivity contribution in [3.63, 3.8) is 0 Å². The molecule has 3 heteroatoms. The molecule has 0 fully saturated rings. The van der Waals surface area contributed by atoms with E-state index in [1.54, 1.807) is 0 Å². The van der Waals surface area contributed by atoms with Gasteiger partial charge in [-0.3, -0.25) is 0 Å². The summed E-state index contributed by atoms with van der Waals surface area (Å²) in [6, 6.07) is 4.02. The summed E-state index contributed by atoms with van der Waals surface area (Å²) in [4.78, 5) is 3.36. The minimum atomic E-state index is 0.551. The van der Waals surface area contributed by atoms with Crippen LogP contribution in [-0.4, -0.2) is 4.98 Å². The third-order valence-corrected chi connectivity index (χ3v) is 3.33. The zero-order chi connectivity index (χ0) is 11.0. The second-order valence-electron chi connectivity index (χ2n) is 3.73. The average molecular weight is 223 g/mol. The van der Waals surface area contributed by atoms with Gasteiger partial charge in [0.25, 0.3) is 0 Å². The predicted octanol–water partition coefficient (Wildman–Crippen LogP) is 3.15. The van der Waals surface area contributed by atoms with E-state index in [-0.39, 0.29) is 0 Å². The van der Waals surface area contributed by atoms with E-state index >= 15 is 0 Å². The number of nitrogens with one attached hydrogen (secondary N) is 1. The Kier molecular flexibility index (Phi) is 2.72. The zero-order valence-electron chi connectivity index (χ0n) is 9.02. The molecule has 0 aliphatic carbocycles. The van der Waals surface area contributed by atoms with Gasteiger partial charge >= 0.3 is 0 Å². The lowest BCUT2D eigenvalue weighted by Gasteiger charge is -2.00. The molecule has 0 amide bonds. The number of aromatic nitrogens is 1. The van der Waals surface area contributed by atoms with Crippen LogP contribution in [0.2, 0.25) is 5.02 Å². The summed E-state index contributed by atoms with van der Waals surface area (Å²) in [7, 11) is 0. The number of aromatic amines is 1. The van der Waals surface area contributed by atoms with Crippen LogP contribution in [0.5, 0.6) is 0 Å². The summed E-state index contributed by atoms with van der Waals surface area (Å²) < 4.78 is 0. The highest BCUT2D eigenvalue weighted by atomic mass is 35.5. The first-order valence-corrected chi connectivity index (χ1v) is 5.55. The molecule has 15 heavy (non-hydrogen) atoms. The number of H-pyrrole nitrogens is 1. The maximum Gasteiger partial charge on any atom is 0.0504 e. The number of benzene rings is 1. The van der Waals surface area contributed by atoms with E-state index in [4.69, 9.17) is 17.3 Å². The number of halogens is 1. The largest absolute Gasteiger partial charge is 0.357 e. The quantitative estimate of drug-likeness (QED) is 0.806. The van der Waals surface area contributed by atoms with Gasteiger partial charge in [-0.05, 0) is 30.5 Å². The maximum absolute atomic E-state index is 6.08. The van der Waals surface area contributed by atoms with Gasteiger partial charge in [-0.1, -0.05) is 24.6 Å². The molecule has 1 aromatic carbocycles. The molecule has 0 bridgehead atoms. The van der Waals surface area contributed by atoms with Crippen LogP contribution in [0.4, 0.5) is 0 Å². The minimum absolute atomic E-state index is 0.551. The summed E-state index contributed by atoms with van der Waals surface area (Å²) in [5, 5.41) is 2.05. The molecule has 1 heterocycles.